The first kappa shape index (κ1) is 24.2. The molecule has 0 rings (SSSR count). The first-order valence-electron chi connectivity index (χ1n) is 9.63. The van der Waals surface area contributed by atoms with Crippen molar-refractivity contribution in [2.75, 3.05) is 14.2 Å². The minimum Gasteiger partial charge on any atom is -0.275 e. The number of hydroxylamine groups is 2. The van der Waals surface area contributed by atoms with Crippen LogP contribution in [0.3, 0.4) is 0 Å². The molecule has 0 N–H and O–H groups in total. The monoisotopic (exact) mass is 353 g/mol. The Balaban J connectivity index is 4.37. The minimum absolute atomic E-state index is 0.0113. The number of allylic oxidation sites excluding steroid dienone is 2. The second-order valence-electron chi connectivity index (χ2n) is 10.5. The first-order chi connectivity index (χ1) is 11.2. The molecular formula is C22H43NO2. The third-order valence-electron chi connectivity index (χ3n) is 4.54. The standard InChI is InChI=1S/C22H43NO2/c1-18(15-22(7,8)16-19(24)23(9)25-10)13-11-12-14-21(5,6)17-20(2,3)4/h11-12,18H,13-17H2,1-10H3/b12-11-. The Bertz CT molecular complexity index is 430. The summed E-state index contributed by atoms with van der Waals surface area (Å²) in [5.74, 6) is 0.608. The van der Waals surface area contributed by atoms with Gasteiger partial charge in [0.15, 0.2) is 0 Å². The molecule has 3 heteroatoms. The molecule has 3 nitrogen and oxygen atoms in total. The summed E-state index contributed by atoms with van der Waals surface area (Å²) in [6.07, 6.45) is 9.65. The van der Waals surface area contributed by atoms with E-state index in [1.54, 1.807) is 7.05 Å². The second-order valence-corrected chi connectivity index (χ2v) is 10.5. The average molecular weight is 354 g/mol. The van der Waals surface area contributed by atoms with E-state index in [-0.39, 0.29) is 11.3 Å². The van der Waals surface area contributed by atoms with E-state index in [1.165, 1.54) is 18.6 Å². The highest BCUT2D eigenvalue weighted by Gasteiger charge is 2.26. The lowest BCUT2D eigenvalue weighted by Crippen LogP contribution is -2.31. The Kier molecular flexibility index (Phi) is 9.43. The predicted molar refractivity (Wildman–Crippen MR) is 108 cm³/mol. The van der Waals surface area contributed by atoms with Crippen LogP contribution < -0.4 is 0 Å². The van der Waals surface area contributed by atoms with Gasteiger partial charge in [-0.15, -0.1) is 0 Å². The van der Waals surface area contributed by atoms with Crippen LogP contribution in [0.5, 0.6) is 0 Å². The van der Waals surface area contributed by atoms with Gasteiger partial charge >= 0.3 is 0 Å². The number of hydrogen-bond acceptors (Lipinski definition) is 2. The quantitative estimate of drug-likeness (QED) is 0.343. The van der Waals surface area contributed by atoms with E-state index in [1.807, 2.05) is 0 Å². The number of carbonyl (C=O) groups excluding carboxylic acids is 1. The zero-order chi connectivity index (χ0) is 19.9. The average Bonchev–Trinajstić information content (AvgIpc) is 2.38. The zero-order valence-electron chi connectivity index (χ0n) is 18.5. The summed E-state index contributed by atoms with van der Waals surface area (Å²) >= 11 is 0. The molecule has 25 heavy (non-hydrogen) atoms. The Morgan fingerprint density at radius 3 is 2.08 bits per heavy atom. The summed E-state index contributed by atoms with van der Waals surface area (Å²) in [6.45, 7) is 18.2. The predicted octanol–water partition coefficient (Wildman–Crippen LogP) is 6.25. The van der Waals surface area contributed by atoms with E-state index < -0.39 is 0 Å². The number of hydrogen-bond donors (Lipinski definition) is 0. The lowest BCUT2D eigenvalue weighted by atomic mass is 9.74. The molecule has 0 aromatic heterocycles. The van der Waals surface area contributed by atoms with Gasteiger partial charge in [-0.05, 0) is 47.8 Å². The highest BCUT2D eigenvalue weighted by Crippen LogP contribution is 2.36. The van der Waals surface area contributed by atoms with Crippen molar-refractivity contribution < 1.29 is 9.63 Å². The summed E-state index contributed by atoms with van der Waals surface area (Å²) in [5, 5.41) is 1.32. The van der Waals surface area contributed by atoms with Crippen LogP contribution in [0.2, 0.25) is 0 Å². The molecule has 148 valence electrons. The van der Waals surface area contributed by atoms with Gasteiger partial charge in [0.25, 0.3) is 0 Å². The van der Waals surface area contributed by atoms with Crippen molar-refractivity contribution >= 4 is 5.91 Å². The summed E-state index contributed by atoms with van der Waals surface area (Å²) in [5.41, 5.74) is 0.702. The van der Waals surface area contributed by atoms with Crippen molar-refractivity contribution in [2.45, 2.75) is 87.5 Å². The number of amides is 1. The van der Waals surface area contributed by atoms with Gasteiger partial charge in [-0.2, -0.15) is 0 Å². The summed E-state index contributed by atoms with van der Waals surface area (Å²) < 4.78 is 0. The minimum atomic E-state index is -0.0113. The van der Waals surface area contributed by atoms with Crippen molar-refractivity contribution in [3.63, 3.8) is 0 Å². The molecule has 0 spiro atoms. The van der Waals surface area contributed by atoms with Gasteiger partial charge in [-0.3, -0.25) is 9.63 Å². The number of carbonyl (C=O) groups is 1. The van der Waals surface area contributed by atoms with E-state index in [2.05, 4.69) is 67.5 Å². The molecule has 0 aliphatic heterocycles. The highest BCUT2D eigenvalue weighted by molar-refractivity contribution is 5.75. The largest absolute Gasteiger partial charge is 0.275 e. The molecule has 1 unspecified atom stereocenters. The molecule has 0 saturated carbocycles. The first-order valence-corrected chi connectivity index (χ1v) is 9.63. The smallest absolute Gasteiger partial charge is 0.246 e. The SMILES string of the molecule is CON(C)C(=O)CC(C)(C)CC(C)C/C=C\CC(C)(C)CC(C)(C)C. The van der Waals surface area contributed by atoms with Crippen molar-refractivity contribution in [3.8, 4) is 0 Å². The molecule has 0 fully saturated rings. The van der Waals surface area contributed by atoms with Crippen molar-refractivity contribution in [2.24, 2.45) is 22.2 Å². The molecule has 0 radical (unpaired) electrons. The van der Waals surface area contributed by atoms with Crippen molar-refractivity contribution in [1.82, 2.24) is 5.06 Å². The van der Waals surface area contributed by atoms with E-state index in [0.29, 0.717) is 23.2 Å². The highest BCUT2D eigenvalue weighted by atomic mass is 16.7. The number of rotatable bonds is 10. The van der Waals surface area contributed by atoms with Crippen LogP contribution in [0.1, 0.15) is 87.5 Å². The third-order valence-corrected chi connectivity index (χ3v) is 4.54. The summed E-state index contributed by atoms with van der Waals surface area (Å²) in [4.78, 5) is 17.0. The van der Waals surface area contributed by atoms with E-state index in [4.69, 9.17) is 4.84 Å². The Hall–Kier alpha value is -0.830. The van der Waals surface area contributed by atoms with E-state index in [0.717, 1.165) is 19.3 Å². The molecule has 0 aromatic carbocycles. The summed E-state index contributed by atoms with van der Waals surface area (Å²) in [6, 6.07) is 0. The lowest BCUT2D eigenvalue weighted by Gasteiger charge is -2.31. The van der Waals surface area contributed by atoms with Gasteiger partial charge in [-0.1, -0.05) is 67.5 Å². The fourth-order valence-electron chi connectivity index (χ4n) is 3.96. The van der Waals surface area contributed by atoms with Gasteiger partial charge in [0.2, 0.25) is 5.91 Å². The third kappa shape index (κ3) is 12.2. The molecule has 0 aliphatic rings. The molecular weight excluding hydrogens is 310 g/mol. The van der Waals surface area contributed by atoms with E-state index in [9.17, 15) is 4.79 Å². The Morgan fingerprint density at radius 2 is 1.60 bits per heavy atom. The van der Waals surface area contributed by atoms with Crippen LogP contribution >= 0.6 is 0 Å². The van der Waals surface area contributed by atoms with Crippen LogP contribution in [-0.2, 0) is 9.63 Å². The topological polar surface area (TPSA) is 29.5 Å². The van der Waals surface area contributed by atoms with Gasteiger partial charge in [0.1, 0.15) is 0 Å². The lowest BCUT2D eigenvalue weighted by molar-refractivity contribution is -0.171. The molecule has 0 aromatic rings. The summed E-state index contributed by atoms with van der Waals surface area (Å²) in [7, 11) is 3.20. The van der Waals surface area contributed by atoms with Crippen LogP contribution in [-0.4, -0.2) is 25.1 Å². The van der Waals surface area contributed by atoms with Crippen molar-refractivity contribution in [1.29, 1.82) is 0 Å². The zero-order valence-corrected chi connectivity index (χ0v) is 18.5. The van der Waals surface area contributed by atoms with Crippen molar-refractivity contribution in [3.05, 3.63) is 12.2 Å². The fourth-order valence-corrected chi connectivity index (χ4v) is 3.96. The molecule has 0 aliphatic carbocycles. The normalized spacial score (nSPS) is 14.8. The molecule has 1 amide bonds. The maximum Gasteiger partial charge on any atom is 0.246 e. The molecule has 0 saturated heterocycles. The van der Waals surface area contributed by atoms with Gasteiger partial charge in [0, 0.05) is 13.5 Å². The number of nitrogens with zero attached hydrogens (tertiary/aromatic N) is 1. The maximum atomic E-state index is 12.0. The Morgan fingerprint density at radius 1 is 1.04 bits per heavy atom. The van der Waals surface area contributed by atoms with Crippen LogP contribution in [0.25, 0.3) is 0 Å². The van der Waals surface area contributed by atoms with Crippen LogP contribution in [0, 0.1) is 22.2 Å². The molecule has 0 bridgehead atoms. The van der Waals surface area contributed by atoms with Crippen LogP contribution in [0.15, 0.2) is 12.2 Å². The fraction of sp³-hybridized carbons (Fsp3) is 0.864. The Labute approximate surface area is 157 Å². The van der Waals surface area contributed by atoms with Gasteiger partial charge in [-0.25, -0.2) is 5.06 Å². The van der Waals surface area contributed by atoms with Gasteiger partial charge < -0.3 is 0 Å². The molecule has 0 heterocycles. The van der Waals surface area contributed by atoms with Crippen LogP contribution in [0.4, 0.5) is 0 Å². The molecule has 1 atom stereocenters. The van der Waals surface area contributed by atoms with E-state index >= 15 is 0 Å². The second kappa shape index (κ2) is 9.75. The van der Waals surface area contributed by atoms with Gasteiger partial charge in [0.05, 0.1) is 7.11 Å². The maximum absolute atomic E-state index is 12.0.